The van der Waals surface area contributed by atoms with Gasteiger partial charge in [-0.1, -0.05) is 115 Å². The first-order chi connectivity index (χ1) is 13.7. The molecule has 1 aromatic rings. The maximum absolute atomic E-state index is 11.8. The molecule has 0 fully saturated rings. The van der Waals surface area contributed by atoms with E-state index < -0.39 is 11.9 Å². The largest absolute Gasteiger partial charge is 1.00 e. The maximum Gasteiger partial charge on any atom is 1.00 e. The molecule has 0 atom stereocenters. The normalized spacial score (nSPS) is 10.4. The van der Waals surface area contributed by atoms with E-state index in [1.54, 1.807) is 24.3 Å². The van der Waals surface area contributed by atoms with Crippen molar-refractivity contribution >= 4 is 11.9 Å². The van der Waals surface area contributed by atoms with Gasteiger partial charge in [0.05, 0.1) is 5.56 Å². The van der Waals surface area contributed by atoms with E-state index in [4.69, 9.17) is 4.74 Å². The molecule has 0 radical (unpaired) electrons. The zero-order chi connectivity index (χ0) is 20.3. The van der Waals surface area contributed by atoms with E-state index in [0.717, 1.165) is 19.3 Å². The number of rotatable bonds is 17. The van der Waals surface area contributed by atoms with E-state index in [0.29, 0.717) is 12.0 Å². The van der Waals surface area contributed by atoms with Crippen LogP contribution in [0, 0.1) is 0 Å². The van der Waals surface area contributed by atoms with E-state index in [2.05, 4.69) is 6.92 Å². The summed E-state index contributed by atoms with van der Waals surface area (Å²) in [6.07, 6.45) is 19.7. The number of hydrogen-bond donors (Lipinski definition) is 0. The minimum atomic E-state index is -0.549. The molecule has 0 aliphatic carbocycles. The molecule has 0 aliphatic heterocycles. The van der Waals surface area contributed by atoms with Crippen molar-refractivity contribution in [3.05, 3.63) is 35.9 Å². The fourth-order valence-electron chi connectivity index (χ4n) is 3.43. The predicted molar refractivity (Wildman–Crippen MR) is 118 cm³/mol. The maximum atomic E-state index is 11.8. The SMILES string of the molecule is CCCCCCCCCCCCCCCCCC(=O)OC(=O)c1ccccc1.[H-].[Li+]. The van der Waals surface area contributed by atoms with Crippen molar-refractivity contribution in [2.24, 2.45) is 0 Å². The third-order valence-corrected chi connectivity index (χ3v) is 5.20. The van der Waals surface area contributed by atoms with Crippen LogP contribution in [0.25, 0.3) is 0 Å². The number of carbonyl (C=O) groups excluding carboxylic acids is 2. The first kappa shape index (κ1) is 28.0. The summed E-state index contributed by atoms with van der Waals surface area (Å²) in [6.45, 7) is 2.27. The molecule has 1 aromatic carbocycles. The molecule has 0 saturated heterocycles. The molecule has 0 heterocycles. The molecule has 0 saturated carbocycles. The van der Waals surface area contributed by atoms with Crippen LogP contribution in [-0.4, -0.2) is 11.9 Å². The number of benzene rings is 1. The van der Waals surface area contributed by atoms with Crippen molar-refractivity contribution in [2.45, 2.75) is 110 Å². The summed E-state index contributed by atoms with van der Waals surface area (Å²) in [5.74, 6) is -0.963. The van der Waals surface area contributed by atoms with Gasteiger partial charge in [-0.2, -0.15) is 0 Å². The Labute approximate surface area is 192 Å². The van der Waals surface area contributed by atoms with Crippen molar-refractivity contribution in [3.8, 4) is 0 Å². The van der Waals surface area contributed by atoms with Gasteiger partial charge in [0.25, 0.3) is 0 Å². The van der Waals surface area contributed by atoms with Crippen LogP contribution in [0.5, 0.6) is 0 Å². The van der Waals surface area contributed by atoms with E-state index in [1.807, 2.05) is 6.07 Å². The minimum Gasteiger partial charge on any atom is -1.00 e. The summed E-state index contributed by atoms with van der Waals surface area (Å²) in [6, 6.07) is 8.66. The van der Waals surface area contributed by atoms with Gasteiger partial charge in [0, 0.05) is 6.42 Å². The Morgan fingerprint density at radius 1 is 0.690 bits per heavy atom. The van der Waals surface area contributed by atoms with Crippen LogP contribution in [0.15, 0.2) is 30.3 Å². The molecule has 3 nitrogen and oxygen atoms in total. The number of ether oxygens (including phenoxy) is 1. The molecule has 29 heavy (non-hydrogen) atoms. The zero-order valence-corrected chi connectivity index (χ0v) is 18.9. The monoisotopic (exact) mass is 396 g/mol. The third-order valence-electron chi connectivity index (χ3n) is 5.20. The molecular weight excluding hydrogens is 355 g/mol. The molecule has 0 aromatic heterocycles. The molecule has 0 bridgehead atoms. The molecule has 0 unspecified atom stereocenters. The molecule has 1 rings (SSSR count). The molecule has 4 heteroatoms. The van der Waals surface area contributed by atoms with Gasteiger partial charge in [-0.3, -0.25) is 4.79 Å². The minimum absolute atomic E-state index is 0. The van der Waals surface area contributed by atoms with Crippen LogP contribution in [0.2, 0.25) is 0 Å². The van der Waals surface area contributed by atoms with Crippen LogP contribution < -0.4 is 18.9 Å². The van der Waals surface area contributed by atoms with E-state index >= 15 is 0 Å². The first-order valence-electron chi connectivity index (χ1n) is 11.5. The molecular formula is C25H41LiO3. The van der Waals surface area contributed by atoms with Gasteiger partial charge in [0.2, 0.25) is 0 Å². The molecule has 160 valence electrons. The second-order valence-electron chi connectivity index (χ2n) is 7.83. The van der Waals surface area contributed by atoms with Gasteiger partial charge < -0.3 is 6.16 Å². The van der Waals surface area contributed by atoms with Crippen molar-refractivity contribution in [3.63, 3.8) is 0 Å². The fourth-order valence-corrected chi connectivity index (χ4v) is 3.43. The van der Waals surface area contributed by atoms with Crippen LogP contribution in [0.4, 0.5) is 0 Å². The van der Waals surface area contributed by atoms with Crippen LogP contribution in [-0.2, 0) is 9.53 Å². The molecule has 0 N–H and O–H groups in total. The molecule has 0 amide bonds. The van der Waals surface area contributed by atoms with Crippen molar-refractivity contribution < 1.29 is 34.6 Å². The summed E-state index contributed by atoms with van der Waals surface area (Å²) in [4.78, 5) is 23.5. The number of esters is 2. The van der Waals surface area contributed by atoms with Gasteiger partial charge >= 0.3 is 30.8 Å². The summed E-state index contributed by atoms with van der Waals surface area (Å²) in [5.41, 5.74) is 0.423. The van der Waals surface area contributed by atoms with Gasteiger partial charge in [-0.05, 0) is 18.6 Å². The molecule has 0 aliphatic rings. The second-order valence-corrected chi connectivity index (χ2v) is 7.83. The van der Waals surface area contributed by atoms with Crippen molar-refractivity contribution in [2.75, 3.05) is 0 Å². The van der Waals surface area contributed by atoms with Crippen LogP contribution in [0.3, 0.4) is 0 Å². The topological polar surface area (TPSA) is 43.4 Å². The predicted octanol–water partition coefficient (Wildman–Crippen LogP) is 4.75. The number of hydrogen-bond acceptors (Lipinski definition) is 3. The number of unbranched alkanes of at least 4 members (excludes halogenated alkanes) is 14. The van der Waals surface area contributed by atoms with Crippen LogP contribution >= 0.6 is 0 Å². The Morgan fingerprint density at radius 2 is 1.10 bits per heavy atom. The number of carbonyl (C=O) groups is 2. The Morgan fingerprint density at radius 3 is 1.55 bits per heavy atom. The summed E-state index contributed by atoms with van der Waals surface area (Å²) in [7, 11) is 0. The quantitative estimate of drug-likeness (QED) is 0.165. The van der Waals surface area contributed by atoms with E-state index in [9.17, 15) is 9.59 Å². The fraction of sp³-hybridized carbons (Fsp3) is 0.680. The smallest absolute Gasteiger partial charge is 1.00 e. The first-order valence-corrected chi connectivity index (χ1v) is 11.5. The Hall–Kier alpha value is -1.04. The Kier molecular flexibility index (Phi) is 19.5. The van der Waals surface area contributed by atoms with Crippen molar-refractivity contribution in [1.82, 2.24) is 0 Å². The summed E-state index contributed by atoms with van der Waals surface area (Å²) in [5, 5.41) is 0. The average molecular weight is 397 g/mol. The molecule has 0 spiro atoms. The van der Waals surface area contributed by atoms with Gasteiger partial charge in [-0.15, -0.1) is 0 Å². The van der Waals surface area contributed by atoms with Crippen LogP contribution in [0.1, 0.15) is 121 Å². The average Bonchev–Trinajstić information content (AvgIpc) is 2.71. The zero-order valence-electron chi connectivity index (χ0n) is 19.9. The Bertz CT molecular complexity index is 522. The summed E-state index contributed by atoms with van der Waals surface area (Å²) >= 11 is 0. The van der Waals surface area contributed by atoms with Gasteiger partial charge in [0.1, 0.15) is 0 Å². The second kappa shape index (κ2) is 20.2. The van der Waals surface area contributed by atoms with E-state index in [1.165, 1.54) is 77.0 Å². The Balaban J connectivity index is 0. The summed E-state index contributed by atoms with van der Waals surface area (Å²) < 4.78 is 4.88. The third kappa shape index (κ3) is 16.4. The standard InChI is InChI=1S/C25H40O3.Li.H/c1-2-3-4-5-6-7-8-9-10-11-12-13-14-15-19-22-24(26)28-25(27)23-20-17-16-18-21-23;;/h16-18,20-21H,2-15,19,22H2,1H3;;/q;+1;-1. The van der Waals surface area contributed by atoms with Gasteiger partial charge in [0.15, 0.2) is 0 Å². The van der Waals surface area contributed by atoms with E-state index in [-0.39, 0.29) is 20.3 Å². The van der Waals surface area contributed by atoms with Gasteiger partial charge in [-0.25, -0.2) is 4.79 Å². The van der Waals surface area contributed by atoms with Crippen molar-refractivity contribution in [1.29, 1.82) is 0 Å².